The molecule has 0 spiro atoms. The van der Waals surface area contributed by atoms with Gasteiger partial charge in [0.05, 0.1) is 24.9 Å². The van der Waals surface area contributed by atoms with E-state index in [1.54, 1.807) is 0 Å². The van der Waals surface area contributed by atoms with Crippen molar-refractivity contribution >= 4 is 5.91 Å². The van der Waals surface area contributed by atoms with E-state index in [0.29, 0.717) is 13.0 Å². The molecule has 2 rings (SSSR count). The topological polar surface area (TPSA) is 67.8 Å². The van der Waals surface area contributed by atoms with E-state index in [0.717, 1.165) is 5.56 Å². The monoisotopic (exact) mass is 307 g/mol. The first-order chi connectivity index (χ1) is 10.5. The molecule has 1 aliphatic heterocycles. The lowest BCUT2D eigenvalue weighted by atomic mass is 9.94. The van der Waals surface area contributed by atoms with Crippen LogP contribution in [0.25, 0.3) is 0 Å². The molecule has 1 aromatic rings. The van der Waals surface area contributed by atoms with Gasteiger partial charge in [-0.25, -0.2) is 0 Å². The van der Waals surface area contributed by atoms with Crippen LogP contribution in [0.1, 0.15) is 32.8 Å². The predicted molar refractivity (Wildman–Crippen MR) is 83.0 cm³/mol. The number of aliphatic hydroxyl groups excluding tert-OH is 1. The number of benzene rings is 1. The predicted octanol–water partition coefficient (Wildman–Crippen LogP) is 1.84. The van der Waals surface area contributed by atoms with Crippen molar-refractivity contribution in [3.63, 3.8) is 0 Å². The molecule has 1 unspecified atom stereocenters. The summed E-state index contributed by atoms with van der Waals surface area (Å²) in [7, 11) is 0. The van der Waals surface area contributed by atoms with Gasteiger partial charge in [0.25, 0.3) is 0 Å². The molecule has 5 atom stereocenters. The summed E-state index contributed by atoms with van der Waals surface area (Å²) in [4.78, 5) is 11.4. The van der Waals surface area contributed by atoms with Gasteiger partial charge in [0.15, 0.2) is 6.29 Å². The molecule has 1 aromatic carbocycles. The molecule has 1 fully saturated rings. The van der Waals surface area contributed by atoms with Gasteiger partial charge in [-0.15, -0.1) is 0 Å². The zero-order valence-electron chi connectivity index (χ0n) is 13.4. The Kier molecular flexibility index (Phi) is 5.94. The van der Waals surface area contributed by atoms with Gasteiger partial charge in [-0.1, -0.05) is 44.2 Å². The van der Waals surface area contributed by atoms with Crippen LogP contribution in [0.2, 0.25) is 0 Å². The van der Waals surface area contributed by atoms with E-state index in [1.165, 1.54) is 6.92 Å². The molecule has 22 heavy (non-hydrogen) atoms. The first kappa shape index (κ1) is 16.9. The Balaban J connectivity index is 2.04. The maximum atomic E-state index is 11.4. The van der Waals surface area contributed by atoms with Gasteiger partial charge in [0.1, 0.15) is 0 Å². The number of hydrogen-bond donors (Lipinski definition) is 2. The molecule has 2 N–H and O–H groups in total. The first-order valence-electron chi connectivity index (χ1n) is 7.79. The lowest BCUT2D eigenvalue weighted by Crippen LogP contribution is -2.44. The number of aliphatic hydroxyl groups is 1. The SMILES string of the molecule is CC[C@H](O)[C@H]1O[C@H](OCc2ccccc2)[C@H](NC(C)=O)C1C. The van der Waals surface area contributed by atoms with Gasteiger partial charge >= 0.3 is 0 Å². The summed E-state index contributed by atoms with van der Waals surface area (Å²) in [6, 6.07) is 9.55. The van der Waals surface area contributed by atoms with Crippen LogP contribution in [0.15, 0.2) is 30.3 Å². The summed E-state index contributed by atoms with van der Waals surface area (Å²) in [6.45, 7) is 5.76. The average molecular weight is 307 g/mol. The Morgan fingerprint density at radius 1 is 1.41 bits per heavy atom. The van der Waals surface area contributed by atoms with Crippen molar-refractivity contribution < 1.29 is 19.4 Å². The molecule has 1 heterocycles. The van der Waals surface area contributed by atoms with Gasteiger partial charge in [-0.3, -0.25) is 4.79 Å². The first-order valence-corrected chi connectivity index (χ1v) is 7.79. The summed E-state index contributed by atoms with van der Waals surface area (Å²) in [6.07, 6.45) is -0.836. The molecule has 0 bridgehead atoms. The summed E-state index contributed by atoms with van der Waals surface area (Å²) in [5.74, 6) is -0.139. The maximum Gasteiger partial charge on any atom is 0.217 e. The standard InChI is InChI=1S/C17H25NO4/c1-4-14(20)16-11(2)15(18-12(3)19)17(22-16)21-10-13-8-6-5-7-9-13/h5-9,11,14-17,20H,4,10H2,1-3H3,(H,18,19)/t11?,14-,15+,16-,17-/m0/s1. The molecule has 0 aromatic heterocycles. The fraction of sp³-hybridized carbons (Fsp3) is 0.588. The van der Waals surface area contributed by atoms with Gasteiger partial charge in [-0.05, 0) is 12.0 Å². The second-order valence-electron chi connectivity index (χ2n) is 5.83. The highest BCUT2D eigenvalue weighted by atomic mass is 16.7. The molecule has 0 radical (unpaired) electrons. The fourth-order valence-electron chi connectivity index (χ4n) is 2.82. The number of rotatable bonds is 6. The summed E-state index contributed by atoms with van der Waals surface area (Å²) >= 11 is 0. The molecular formula is C17H25NO4. The van der Waals surface area contributed by atoms with E-state index in [4.69, 9.17) is 9.47 Å². The fourth-order valence-corrected chi connectivity index (χ4v) is 2.82. The zero-order chi connectivity index (χ0) is 16.1. The number of ether oxygens (including phenoxy) is 2. The lowest BCUT2D eigenvalue weighted by molar-refractivity contribution is -0.168. The quantitative estimate of drug-likeness (QED) is 0.841. The highest BCUT2D eigenvalue weighted by molar-refractivity contribution is 5.73. The third kappa shape index (κ3) is 4.06. The second kappa shape index (κ2) is 7.72. The molecule has 0 aliphatic carbocycles. The highest BCUT2D eigenvalue weighted by Crippen LogP contribution is 2.31. The van der Waals surface area contributed by atoms with Gasteiger partial charge in [0, 0.05) is 12.8 Å². The number of hydrogen-bond acceptors (Lipinski definition) is 4. The zero-order valence-corrected chi connectivity index (χ0v) is 13.4. The smallest absolute Gasteiger partial charge is 0.217 e. The Bertz CT molecular complexity index is 479. The molecule has 1 amide bonds. The van der Waals surface area contributed by atoms with Crippen LogP contribution in [-0.4, -0.2) is 35.6 Å². The minimum Gasteiger partial charge on any atom is -0.390 e. The average Bonchev–Trinajstić information content (AvgIpc) is 2.82. The van der Waals surface area contributed by atoms with Crippen molar-refractivity contribution in [2.24, 2.45) is 5.92 Å². The molecule has 122 valence electrons. The van der Waals surface area contributed by atoms with Crippen molar-refractivity contribution in [1.29, 1.82) is 0 Å². The minimum atomic E-state index is -0.559. The normalized spacial score (nSPS) is 29.3. The molecule has 0 saturated carbocycles. The largest absolute Gasteiger partial charge is 0.390 e. The van der Waals surface area contributed by atoms with E-state index in [1.807, 2.05) is 44.2 Å². The minimum absolute atomic E-state index is 0.0142. The van der Waals surface area contributed by atoms with Crippen LogP contribution < -0.4 is 5.32 Å². The van der Waals surface area contributed by atoms with Gasteiger partial charge < -0.3 is 19.9 Å². The summed E-state index contributed by atoms with van der Waals surface area (Å²) < 4.78 is 11.7. The van der Waals surface area contributed by atoms with Gasteiger partial charge in [-0.2, -0.15) is 0 Å². The second-order valence-corrected chi connectivity index (χ2v) is 5.83. The van der Waals surface area contributed by atoms with Crippen LogP contribution in [0, 0.1) is 5.92 Å². The van der Waals surface area contributed by atoms with Crippen molar-refractivity contribution in [2.75, 3.05) is 0 Å². The highest BCUT2D eigenvalue weighted by Gasteiger charge is 2.45. The van der Waals surface area contributed by atoms with Crippen LogP contribution in [0.4, 0.5) is 0 Å². The van der Waals surface area contributed by atoms with Crippen molar-refractivity contribution in [2.45, 2.75) is 58.3 Å². The van der Waals surface area contributed by atoms with Crippen molar-refractivity contribution in [3.05, 3.63) is 35.9 Å². The number of amides is 1. The van der Waals surface area contributed by atoms with E-state index in [-0.39, 0.29) is 24.0 Å². The van der Waals surface area contributed by atoms with E-state index in [9.17, 15) is 9.90 Å². The summed E-state index contributed by atoms with van der Waals surface area (Å²) in [5, 5.41) is 13.0. The Morgan fingerprint density at radius 3 is 2.68 bits per heavy atom. The molecule has 1 aliphatic rings. The van der Waals surface area contributed by atoms with Crippen LogP contribution >= 0.6 is 0 Å². The Morgan fingerprint density at radius 2 is 2.09 bits per heavy atom. The Hall–Kier alpha value is -1.43. The van der Waals surface area contributed by atoms with Crippen molar-refractivity contribution in [3.8, 4) is 0 Å². The van der Waals surface area contributed by atoms with Crippen LogP contribution in [-0.2, 0) is 20.9 Å². The lowest BCUT2D eigenvalue weighted by Gasteiger charge is -2.22. The van der Waals surface area contributed by atoms with Crippen LogP contribution in [0.5, 0.6) is 0 Å². The van der Waals surface area contributed by atoms with E-state index < -0.39 is 12.4 Å². The van der Waals surface area contributed by atoms with E-state index >= 15 is 0 Å². The van der Waals surface area contributed by atoms with Crippen LogP contribution in [0.3, 0.4) is 0 Å². The number of carbonyl (C=O) groups is 1. The summed E-state index contributed by atoms with van der Waals surface area (Å²) in [5.41, 5.74) is 1.04. The molecular weight excluding hydrogens is 282 g/mol. The third-order valence-electron chi connectivity index (χ3n) is 4.09. The number of carbonyl (C=O) groups excluding carboxylic acids is 1. The number of nitrogens with one attached hydrogen (secondary N) is 1. The molecule has 1 saturated heterocycles. The van der Waals surface area contributed by atoms with Crippen molar-refractivity contribution in [1.82, 2.24) is 5.32 Å². The van der Waals surface area contributed by atoms with E-state index in [2.05, 4.69) is 5.32 Å². The molecule has 5 nitrogen and oxygen atoms in total. The third-order valence-corrected chi connectivity index (χ3v) is 4.09. The molecule has 5 heteroatoms. The Labute approximate surface area is 131 Å². The maximum absolute atomic E-state index is 11.4. The van der Waals surface area contributed by atoms with Gasteiger partial charge in [0.2, 0.25) is 5.91 Å².